The molecule has 2 heterocycles. The van der Waals surface area contributed by atoms with Crippen LogP contribution in [0, 0.1) is 0 Å². The van der Waals surface area contributed by atoms with Gasteiger partial charge in [-0.1, -0.05) is 6.07 Å². The van der Waals surface area contributed by atoms with E-state index in [-0.39, 0.29) is 12.3 Å². The van der Waals surface area contributed by atoms with Crippen molar-refractivity contribution in [2.24, 2.45) is 0 Å². The quantitative estimate of drug-likeness (QED) is 0.848. The van der Waals surface area contributed by atoms with Crippen LogP contribution in [-0.2, 0) is 20.7 Å². The molecule has 0 aromatic carbocycles. The Hall–Kier alpha value is -1.40. The molecule has 1 amide bonds. The lowest BCUT2D eigenvalue weighted by Crippen LogP contribution is -2.51. The maximum atomic E-state index is 12.3. The first-order valence-electron chi connectivity index (χ1n) is 6.69. The summed E-state index contributed by atoms with van der Waals surface area (Å²) in [5.74, 6) is -0.506. The Kier molecular flexibility index (Phi) is 5.14. The second-order valence-corrected chi connectivity index (χ2v) is 5.92. The summed E-state index contributed by atoms with van der Waals surface area (Å²) in [5, 5.41) is 11.6. The Bertz CT molecular complexity index is 460. The van der Waals surface area contributed by atoms with Crippen LogP contribution in [0.1, 0.15) is 24.1 Å². The van der Waals surface area contributed by atoms with Crippen LogP contribution in [-0.4, -0.2) is 47.7 Å². The third-order valence-corrected chi connectivity index (χ3v) is 4.47. The van der Waals surface area contributed by atoms with Gasteiger partial charge in [0, 0.05) is 24.3 Å². The lowest BCUT2D eigenvalue weighted by Gasteiger charge is -2.36. The summed E-state index contributed by atoms with van der Waals surface area (Å²) in [6, 6.07) is 3.30. The molecule has 0 radical (unpaired) electrons. The average molecular weight is 297 g/mol. The van der Waals surface area contributed by atoms with Crippen LogP contribution in [0.4, 0.5) is 0 Å². The molecule has 110 valence electrons. The van der Waals surface area contributed by atoms with Gasteiger partial charge >= 0.3 is 5.97 Å². The van der Waals surface area contributed by atoms with Gasteiger partial charge in [-0.25, -0.2) is 4.79 Å². The zero-order chi connectivity index (χ0) is 14.5. The van der Waals surface area contributed by atoms with E-state index in [0.717, 1.165) is 4.88 Å². The van der Waals surface area contributed by atoms with E-state index in [1.54, 1.807) is 16.2 Å². The molecule has 2 atom stereocenters. The fourth-order valence-electron chi connectivity index (χ4n) is 2.43. The Morgan fingerprint density at radius 2 is 2.35 bits per heavy atom. The van der Waals surface area contributed by atoms with Crippen LogP contribution in [0.2, 0.25) is 0 Å². The molecule has 1 saturated heterocycles. The normalized spacial score (nSPS) is 22.6. The van der Waals surface area contributed by atoms with Crippen LogP contribution in [0.5, 0.6) is 0 Å². The number of nitrogens with zero attached hydrogens (tertiary/aromatic N) is 1. The number of hydrogen-bond acceptors (Lipinski definition) is 5. The maximum Gasteiger partial charge on any atom is 0.328 e. The predicted molar refractivity (Wildman–Crippen MR) is 75.4 cm³/mol. The van der Waals surface area contributed by atoms with E-state index in [1.807, 2.05) is 17.5 Å². The number of amides is 1. The monoisotopic (exact) mass is 297 g/mol. The molecule has 2 rings (SSSR count). The molecule has 6 heteroatoms. The molecule has 20 heavy (non-hydrogen) atoms. The minimum absolute atomic E-state index is 0.0549. The number of carbonyl (C=O) groups excluding carboxylic acids is 2. The Balaban J connectivity index is 1.96. The van der Waals surface area contributed by atoms with Crippen molar-refractivity contribution < 1.29 is 19.4 Å². The van der Waals surface area contributed by atoms with Gasteiger partial charge in [-0.15, -0.1) is 11.3 Å². The van der Waals surface area contributed by atoms with Crippen LogP contribution >= 0.6 is 11.3 Å². The van der Waals surface area contributed by atoms with Gasteiger partial charge in [0.2, 0.25) is 5.91 Å². The molecule has 0 aliphatic carbocycles. The van der Waals surface area contributed by atoms with Gasteiger partial charge in [-0.3, -0.25) is 4.79 Å². The van der Waals surface area contributed by atoms with E-state index >= 15 is 0 Å². The zero-order valence-corrected chi connectivity index (χ0v) is 12.3. The molecule has 0 saturated carbocycles. The molecule has 1 N–H and O–H groups in total. The molecule has 1 aromatic heterocycles. The van der Waals surface area contributed by atoms with Crippen molar-refractivity contribution in [2.75, 3.05) is 13.7 Å². The van der Waals surface area contributed by atoms with Gasteiger partial charge in [-0.05, 0) is 24.3 Å². The largest absolute Gasteiger partial charge is 0.467 e. The molecular formula is C14H19NO4S. The lowest BCUT2D eigenvalue weighted by atomic mass is 9.98. The summed E-state index contributed by atoms with van der Waals surface area (Å²) in [4.78, 5) is 26.7. The standard InChI is InChI=1S/C14H19NO4S/c1-19-14(18)12-9-10(16)6-7-15(12)13(17)5-4-11-3-2-8-20-11/h2-3,8,10,12,16H,4-7,9H2,1H3/t10-,12+/m0/s1. The van der Waals surface area contributed by atoms with Crippen molar-refractivity contribution in [2.45, 2.75) is 37.8 Å². The van der Waals surface area contributed by atoms with Crippen molar-refractivity contribution in [3.8, 4) is 0 Å². The molecule has 1 aliphatic rings. The Morgan fingerprint density at radius 1 is 1.55 bits per heavy atom. The van der Waals surface area contributed by atoms with Gasteiger partial charge < -0.3 is 14.7 Å². The fourth-order valence-corrected chi connectivity index (χ4v) is 3.14. The minimum atomic E-state index is -0.653. The highest BCUT2D eigenvalue weighted by molar-refractivity contribution is 7.09. The van der Waals surface area contributed by atoms with Gasteiger partial charge in [0.05, 0.1) is 13.2 Å². The molecule has 0 spiro atoms. The summed E-state index contributed by atoms with van der Waals surface area (Å²) in [5.41, 5.74) is 0. The summed E-state index contributed by atoms with van der Waals surface area (Å²) in [6.07, 6.45) is 1.30. The molecular weight excluding hydrogens is 278 g/mol. The van der Waals surface area contributed by atoms with Crippen LogP contribution < -0.4 is 0 Å². The average Bonchev–Trinajstić information content (AvgIpc) is 2.97. The van der Waals surface area contributed by atoms with Crippen LogP contribution in [0.3, 0.4) is 0 Å². The first-order valence-corrected chi connectivity index (χ1v) is 7.57. The number of rotatable bonds is 4. The summed E-state index contributed by atoms with van der Waals surface area (Å²) >= 11 is 1.62. The number of ether oxygens (including phenoxy) is 1. The van der Waals surface area contributed by atoms with E-state index in [0.29, 0.717) is 25.8 Å². The number of aliphatic hydroxyl groups is 1. The smallest absolute Gasteiger partial charge is 0.328 e. The SMILES string of the molecule is COC(=O)[C@H]1C[C@@H](O)CCN1C(=O)CCc1cccs1. The van der Waals surface area contributed by atoms with Crippen molar-refractivity contribution >= 4 is 23.2 Å². The maximum absolute atomic E-state index is 12.3. The highest BCUT2D eigenvalue weighted by atomic mass is 32.1. The molecule has 1 aliphatic heterocycles. The van der Waals surface area contributed by atoms with Crippen molar-refractivity contribution in [1.29, 1.82) is 0 Å². The molecule has 0 bridgehead atoms. The van der Waals surface area contributed by atoms with E-state index < -0.39 is 18.1 Å². The summed E-state index contributed by atoms with van der Waals surface area (Å²) < 4.78 is 4.73. The first kappa shape index (κ1) is 15.0. The fraction of sp³-hybridized carbons (Fsp3) is 0.571. The number of piperidine rings is 1. The van der Waals surface area contributed by atoms with Gasteiger partial charge in [0.1, 0.15) is 6.04 Å². The third-order valence-electron chi connectivity index (χ3n) is 3.53. The summed E-state index contributed by atoms with van der Waals surface area (Å²) in [6.45, 7) is 0.407. The van der Waals surface area contributed by atoms with Crippen molar-refractivity contribution in [1.82, 2.24) is 4.90 Å². The Morgan fingerprint density at radius 3 is 3.00 bits per heavy atom. The Labute approximate surface area is 122 Å². The van der Waals surface area contributed by atoms with Gasteiger partial charge in [0.15, 0.2) is 0 Å². The number of likely N-dealkylation sites (tertiary alicyclic amines) is 1. The van der Waals surface area contributed by atoms with Crippen molar-refractivity contribution in [3.63, 3.8) is 0 Å². The molecule has 0 unspecified atom stereocenters. The van der Waals surface area contributed by atoms with E-state index in [1.165, 1.54) is 7.11 Å². The molecule has 1 aromatic rings. The molecule has 5 nitrogen and oxygen atoms in total. The number of carbonyl (C=O) groups is 2. The lowest BCUT2D eigenvalue weighted by molar-refractivity contribution is -0.157. The third kappa shape index (κ3) is 3.58. The zero-order valence-electron chi connectivity index (χ0n) is 11.4. The van der Waals surface area contributed by atoms with Gasteiger partial charge in [-0.2, -0.15) is 0 Å². The highest BCUT2D eigenvalue weighted by Gasteiger charge is 2.35. The number of methoxy groups -OCH3 is 1. The van der Waals surface area contributed by atoms with E-state index in [2.05, 4.69) is 0 Å². The van der Waals surface area contributed by atoms with E-state index in [9.17, 15) is 14.7 Å². The second kappa shape index (κ2) is 6.85. The first-order chi connectivity index (χ1) is 9.61. The number of hydrogen-bond donors (Lipinski definition) is 1. The number of aryl methyl sites for hydroxylation is 1. The number of thiophene rings is 1. The summed E-state index contributed by atoms with van der Waals surface area (Å²) in [7, 11) is 1.30. The van der Waals surface area contributed by atoms with E-state index in [4.69, 9.17) is 4.74 Å². The highest BCUT2D eigenvalue weighted by Crippen LogP contribution is 2.21. The predicted octanol–water partition coefficient (Wildman–Crippen LogP) is 1.21. The number of aliphatic hydroxyl groups excluding tert-OH is 1. The van der Waals surface area contributed by atoms with Gasteiger partial charge in [0.25, 0.3) is 0 Å². The minimum Gasteiger partial charge on any atom is -0.467 e. The van der Waals surface area contributed by atoms with Crippen LogP contribution in [0.15, 0.2) is 17.5 Å². The van der Waals surface area contributed by atoms with Crippen LogP contribution in [0.25, 0.3) is 0 Å². The topological polar surface area (TPSA) is 66.8 Å². The second-order valence-electron chi connectivity index (χ2n) is 4.88. The number of esters is 1. The molecule has 1 fully saturated rings. The van der Waals surface area contributed by atoms with Crippen molar-refractivity contribution in [3.05, 3.63) is 22.4 Å².